The van der Waals surface area contributed by atoms with Crippen molar-refractivity contribution in [2.24, 2.45) is 0 Å². The molecule has 2 heterocycles. The molecule has 29 heavy (non-hydrogen) atoms. The van der Waals surface area contributed by atoms with Crippen LogP contribution in [0.1, 0.15) is 27.2 Å². The molecule has 9 heteroatoms. The number of hydrogen-bond acceptors (Lipinski definition) is 4. The number of aryl methyl sites for hydroxylation is 1. The number of rotatable bonds is 4. The molecule has 150 valence electrons. The minimum absolute atomic E-state index is 0.101. The van der Waals surface area contributed by atoms with Gasteiger partial charge in [0.25, 0.3) is 15.9 Å². The van der Waals surface area contributed by atoms with Gasteiger partial charge in [0, 0.05) is 36.3 Å². The lowest BCUT2D eigenvalue weighted by atomic mass is 10.0. The van der Waals surface area contributed by atoms with Crippen LogP contribution >= 0.6 is 0 Å². The highest BCUT2D eigenvalue weighted by Crippen LogP contribution is 2.24. The number of nitrogens with zero attached hydrogens (tertiary/aromatic N) is 2. The van der Waals surface area contributed by atoms with Crippen molar-refractivity contribution in [3.8, 4) is 0 Å². The summed E-state index contributed by atoms with van der Waals surface area (Å²) in [5.74, 6) is -0.930. The van der Waals surface area contributed by atoms with Crippen LogP contribution in [0.4, 0.5) is 10.1 Å². The average Bonchev–Trinajstić information content (AvgIpc) is 3.17. The van der Waals surface area contributed by atoms with Crippen LogP contribution in [-0.2, 0) is 23.0 Å². The van der Waals surface area contributed by atoms with Crippen LogP contribution in [0.3, 0.4) is 0 Å². The van der Waals surface area contributed by atoms with Crippen molar-refractivity contribution in [3.05, 3.63) is 76.9 Å². The minimum atomic E-state index is -4.05. The van der Waals surface area contributed by atoms with E-state index < -0.39 is 15.8 Å². The molecule has 1 aromatic heterocycles. The van der Waals surface area contributed by atoms with E-state index in [1.54, 1.807) is 24.1 Å². The molecule has 0 unspecified atom stereocenters. The fourth-order valence-electron chi connectivity index (χ4n) is 3.31. The van der Waals surface area contributed by atoms with E-state index in [-0.39, 0.29) is 16.5 Å². The standard InChI is InChI=1S/C20H19FN4O3S/c1-13-6-7-15(29(27,28)24-19-5-3-2-4-17(19)21)10-16(13)20(26)25-9-8-18-14(12-25)11-22-23-18/h2-7,10-11,24H,8-9,12H2,1H3,(H,22,23). The molecule has 7 nitrogen and oxygen atoms in total. The van der Waals surface area contributed by atoms with Gasteiger partial charge in [0.1, 0.15) is 5.82 Å². The second kappa shape index (κ2) is 7.32. The topological polar surface area (TPSA) is 95.2 Å². The number of para-hydroxylation sites is 1. The zero-order valence-corrected chi connectivity index (χ0v) is 16.5. The molecule has 0 atom stereocenters. The Labute approximate surface area is 167 Å². The molecule has 0 saturated carbocycles. The number of nitrogens with one attached hydrogen (secondary N) is 2. The number of fused-ring (bicyclic) bond motifs is 1. The molecule has 0 saturated heterocycles. The van der Waals surface area contributed by atoms with Crippen LogP contribution in [0.5, 0.6) is 0 Å². The number of aromatic amines is 1. The first-order valence-electron chi connectivity index (χ1n) is 9.03. The van der Waals surface area contributed by atoms with Gasteiger partial charge in [0.15, 0.2) is 0 Å². The highest BCUT2D eigenvalue weighted by molar-refractivity contribution is 7.92. The molecular weight excluding hydrogens is 395 g/mol. The predicted octanol–water partition coefficient (Wildman–Crippen LogP) is 2.86. The van der Waals surface area contributed by atoms with Crippen molar-refractivity contribution in [2.45, 2.75) is 24.8 Å². The molecule has 0 bridgehead atoms. The SMILES string of the molecule is Cc1ccc(S(=O)(=O)Nc2ccccc2F)cc1C(=O)N1CCc2[nH]ncc2C1. The van der Waals surface area contributed by atoms with Crippen molar-refractivity contribution in [2.75, 3.05) is 11.3 Å². The van der Waals surface area contributed by atoms with Gasteiger partial charge in [0.2, 0.25) is 0 Å². The number of hydrogen-bond donors (Lipinski definition) is 2. The number of amides is 1. The van der Waals surface area contributed by atoms with Gasteiger partial charge in [-0.2, -0.15) is 5.10 Å². The number of carbonyl (C=O) groups is 1. The highest BCUT2D eigenvalue weighted by Gasteiger charge is 2.26. The maximum atomic E-state index is 13.8. The Bertz CT molecular complexity index is 1190. The zero-order valence-electron chi connectivity index (χ0n) is 15.6. The van der Waals surface area contributed by atoms with Crippen molar-refractivity contribution in [1.82, 2.24) is 15.1 Å². The fourth-order valence-corrected chi connectivity index (χ4v) is 4.41. The smallest absolute Gasteiger partial charge is 0.262 e. The van der Waals surface area contributed by atoms with E-state index in [4.69, 9.17) is 0 Å². The van der Waals surface area contributed by atoms with Gasteiger partial charge in [0.05, 0.1) is 16.8 Å². The summed E-state index contributed by atoms with van der Waals surface area (Å²) in [6.07, 6.45) is 2.35. The summed E-state index contributed by atoms with van der Waals surface area (Å²) in [5.41, 5.74) is 2.78. The largest absolute Gasteiger partial charge is 0.334 e. The van der Waals surface area contributed by atoms with Crippen LogP contribution in [0.15, 0.2) is 53.6 Å². The highest BCUT2D eigenvalue weighted by atomic mass is 32.2. The molecule has 3 aromatic rings. The summed E-state index contributed by atoms with van der Waals surface area (Å²) < 4.78 is 41.5. The molecule has 1 aliphatic heterocycles. The number of halogens is 1. The van der Waals surface area contributed by atoms with E-state index in [1.807, 2.05) is 0 Å². The van der Waals surface area contributed by atoms with Gasteiger partial charge in [-0.05, 0) is 36.8 Å². The van der Waals surface area contributed by atoms with Crippen LogP contribution in [0.2, 0.25) is 0 Å². The number of sulfonamides is 1. The van der Waals surface area contributed by atoms with E-state index >= 15 is 0 Å². The monoisotopic (exact) mass is 414 g/mol. The normalized spacial score (nSPS) is 13.8. The van der Waals surface area contributed by atoms with Crippen molar-refractivity contribution >= 4 is 21.6 Å². The number of anilines is 1. The van der Waals surface area contributed by atoms with E-state index in [0.717, 1.165) is 11.3 Å². The fraction of sp³-hybridized carbons (Fsp3) is 0.200. The van der Waals surface area contributed by atoms with Gasteiger partial charge in [-0.25, -0.2) is 12.8 Å². The quantitative estimate of drug-likeness (QED) is 0.686. The summed E-state index contributed by atoms with van der Waals surface area (Å²) in [4.78, 5) is 14.6. The third-order valence-corrected chi connectivity index (χ3v) is 6.32. The van der Waals surface area contributed by atoms with Gasteiger partial charge in [-0.1, -0.05) is 18.2 Å². The minimum Gasteiger partial charge on any atom is -0.334 e. The molecule has 2 N–H and O–H groups in total. The second-order valence-corrected chi connectivity index (χ2v) is 8.59. The third kappa shape index (κ3) is 3.73. The first-order chi connectivity index (χ1) is 13.8. The van der Waals surface area contributed by atoms with Gasteiger partial charge in [-0.3, -0.25) is 14.6 Å². The maximum absolute atomic E-state index is 13.8. The van der Waals surface area contributed by atoms with Gasteiger partial charge in [-0.15, -0.1) is 0 Å². The summed E-state index contributed by atoms with van der Waals surface area (Å²) in [5, 5.41) is 6.92. The summed E-state index contributed by atoms with van der Waals surface area (Å²) in [6, 6.07) is 9.83. The Balaban J connectivity index is 1.62. The molecule has 2 aromatic carbocycles. The summed E-state index contributed by atoms with van der Waals surface area (Å²) in [7, 11) is -4.05. The summed E-state index contributed by atoms with van der Waals surface area (Å²) in [6.45, 7) is 2.67. The lowest BCUT2D eigenvalue weighted by molar-refractivity contribution is 0.0733. The molecular formula is C20H19FN4O3S. The van der Waals surface area contributed by atoms with Crippen LogP contribution < -0.4 is 4.72 Å². The Morgan fingerprint density at radius 2 is 2.03 bits per heavy atom. The molecule has 1 aliphatic rings. The van der Waals surface area contributed by atoms with Crippen molar-refractivity contribution in [3.63, 3.8) is 0 Å². The van der Waals surface area contributed by atoms with Crippen molar-refractivity contribution in [1.29, 1.82) is 0 Å². The van der Waals surface area contributed by atoms with Crippen LogP contribution in [0, 0.1) is 12.7 Å². The molecule has 0 radical (unpaired) electrons. The van der Waals surface area contributed by atoms with Crippen molar-refractivity contribution < 1.29 is 17.6 Å². The Morgan fingerprint density at radius 1 is 1.24 bits per heavy atom. The first kappa shape index (κ1) is 19.1. The van der Waals surface area contributed by atoms with Crippen LogP contribution in [0.25, 0.3) is 0 Å². The third-order valence-electron chi connectivity index (χ3n) is 4.96. The Kier molecular flexibility index (Phi) is 4.83. The van der Waals surface area contributed by atoms with Gasteiger partial charge >= 0.3 is 0 Å². The van der Waals surface area contributed by atoms with Gasteiger partial charge < -0.3 is 4.90 Å². The van der Waals surface area contributed by atoms with E-state index in [1.165, 1.54) is 36.4 Å². The second-order valence-electron chi connectivity index (χ2n) is 6.91. The first-order valence-corrected chi connectivity index (χ1v) is 10.5. The van der Waals surface area contributed by atoms with E-state index in [2.05, 4.69) is 14.9 Å². The Morgan fingerprint density at radius 3 is 2.83 bits per heavy atom. The predicted molar refractivity (Wildman–Crippen MR) is 105 cm³/mol. The molecule has 0 aliphatic carbocycles. The lowest BCUT2D eigenvalue weighted by Gasteiger charge is -2.27. The number of carbonyl (C=O) groups excluding carboxylic acids is 1. The maximum Gasteiger partial charge on any atom is 0.262 e. The molecule has 0 spiro atoms. The lowest BCUT2D eigenvalue weighted by Crippen LogP contribution is -2.36. The zero-order chi connectivity index (χ0) is 20.6. The molecule has 4 rings (SSSR count). The number of aromatic nitrogens is 2. The van der Waals surface area contributed by atoms with E-state index in [9.17, 15) is 17.6 Å². The Hall–Kier alpha value is -3.20. The summed E-state index contributed by atoms with van der Waals surface area (Å²) >= 11 is 0. The average molecular weight is 414 g/mol. The molecule has 0 fully saturated rings. The van der Waals surface area contributed by atoms with E-state index in [0.29, 0.717) is 30.6 Å². The number of benzene rings is 2. The molecule has 1 amide bonds. The number of H-pyrrole nitrogens is 1. The van der Waals surface area contributed by atoms with Crippen LogP contribution in [-0.4, -0.2) is 36.0 Å².